The number of fused-ring (bicyclic) bond motifs is 1. The van der Waals surface area contributed by atoms with Crippen LogP contribution in [0.3, 0.4) is 0 Å². The topological polar surface area (TPSA) is 89.6 Å². The molecule has 0 aliphatic carbocycles. The van der Waals surface area contributed by atoms with Gasteiger partial charge in [0, 0.05) is 38.0 Å². The van der Waals surface area contributed by atoms with E-state index in [1.54, 1.807) is 10.6 Å². The fraction of sp³-hybridized carbons (Fsp3) is 0.476. The number of oxazole rings is 1. The van der Waals surface area contributed by atoms with Gasteiger partial charge in [0.25, 0.3) is 0 Å². The summed E-state index contributed by atoms with van der Waals surface area (Å²) in [5.74, 6) is -0.502. The van der Waals surface area contributed by atoms with Gasteiger partial charge in [0.1, 0.15) is 0 Å². The van der Waals surface area contributed by atoms with Crippen LogP contribution in [0.2, 0.25) is 0 Å². The van der Waals surface area contributed by atoms with E-state index in [9.17, 15) is 9.59 Å². The monoisotopic (exact) mass is 430 g/mol. The van der Waals surface area contributed by atoms with Crippen molar-refractivity contribution >= 4 is 33.5 Å². The van der Waals surface area contributed by atoms with E-state index in [0.717, 1.165) is 30.8 Å². The van der Waals surface area contributed by atoms with Crippen molar-refractivity contribution < 1.29 is 13.9 Å². The van der Waals surface area contributed by atoms with Crippen LogP contribution >= 0.6 is 11.3 Å². The third-order valence-corrected chi connectivity index (χ3v) is 5.84. The van der Waals surface area contributed by atoms with Crippen LogP contribution < -0.4 is 11.1 Å². The highest BCUT2D eigenvalue weighted by atomic mass is 32.1. The highest BCUT2D eigenvalue weighted by Gasteiger charge is 2.22. The predicted molar refractivity (Wildman–Crippen MR) is 116 cm³/mol. The minimum atomic E-state index is -0.395. The lowest BCUT2D eigenvalue weighted by atomic mass is 10.2. The van der Waals surface area contributed by atoms with Crippen LogP contribution in [-0.4, -0.2) is 45.7 Å². The first kappa shape index (κ1) is 20.8. The molecule has 1 aliphatic heterocycles. The second kappa shape index (κ2) is 9.11. The van der Waals surface area contributed by atoms with E-state index in [2.05, 4.69) is 29.0 Å². The maximum atomic E-state index is 12.3. The molecule has 2 atom stereocenters. The molecule has 3 aromatic rings. The second-order valence-electron chi connectivity index (χ2n) is 7.73. The van der Waals surface area contributed by atoms with Crippen molar-refractivity contribution in [3.8, 4) is 0 Å². The van der Waals surface area contributed by atoms with Crippen molar-refractivity contribution in [3.05, 3.63) is 45.9 Å². The summed E-state index contributed by atoms with van der Waals surface area (Å²) >= 11 is 1.43. The minimum absolute atomic E-state index is 0.106. The summed E-state index contributed by atoms with van der Waals surface area (Å²) in [4.78, 5) is 31.1. The molecule has 0 saturated carbocycles. The number of carbonyl (C=O) groups is 1. The number of nitrogens with one attached hydrogen (secondary N) is 1. The third-order valence-electron chi connectivity index (χ3n) is 5.04. The highest BCUT2D eigenvalue weighted by Crippen LogP contribution is 2.20. The number of rotatable bonds is 7. The number of ether oxygens (including phenoxy) is 1. The van der Waals surface area contributed by atoms with Crippen molar-refractivity contribution in [2.75, 3.05) is 18.4 Å². The molecule has 0 radical (unpaired) electrons. The maximum absolute atomic E-state index is 12.3. The number of amides is 1. The lowest BCUT2D eigenvalue weighted by Crippen LogP contribution is -2.44. The quantitative estimate of drug-likeness (QED) is 0.620. The third kappa shape index (κ3) is 4.97. The van der Waals surface area contributed by atoms with E-state index >= 15 is 0 Å². The van der Waals surface area contributed by atoms with E-state index < -0.39 is 5.76 Å². The fourth-order valence-electron chi connectivity index (χ4n) is 3.88. The molecular weight excluding hydrogens is 404 g/mol. The summed E-state index contributed by atoms with van der Waals surface area (Å²) in [7, 11) is 0. The van der Waals surface area contributed by atoms with Crippen LogP contribution in [0.5, 0.6) is 0 Å². The van der Waals surface area contributed by atoms with Gasteiger partial charge >= 0.3 is 5.76 Å². The Hall–Kier alpha value is -2.49. The largest absolute Gasteiger partial charge is 0.419 e. The number of anilines is 1. The number of hydrogen-bond donors (Lipinski definition) is 1. The molecule has 0 bridgehead atoms. The summed E-state index contributed by atoms with van der Waals surface area (Å²) < 4.78 is 12.5. The Morgan fingerprint density at radius 1 is 1.27 bits per heavy atom. The zero-order valence-corrected chi connectivity index (χ0v) is 18.0. The smallest absolute Gasteiger partial charge is 0.408 e. The van der Waals surface area contributed by atoms with Gasteiger partial charge in [-0.05, 0) is 32.4 Å². The summed E-state index contributed by atoms with van der Waals surface area (Å²) in [6.07, 6.45) is 1.27. The van der Waals surface area contributed by atoms with Crippen LogP contribution in [0, 0.1) is 0 Å². The summed E-state index contributed by atoms with van der Waals surface area (Å²) in [6.45, 7) is 7.10. The Balaban J connectivity index is 1.26. The van der Waals surface area contributed by atoms with E-state index in [0.29, 0.717) is 30.1 Å². The normalized spacial score (nSPS) is 19.9. The molecule has 1 amide bonds. The molecule has 2 aromatic heterocycles. The molecule has 30 heavy (non-hydrogen) atoms. The number of carbonyl (C=O) groups excluding carboxylic acids is 1. The number of morpholine rings is 1. The van der Waals surface area contributed by atoms with Crippen LogP contribution in [0.4, 0.5) is 5.13 Å². The molecule has 1 aromatic carbocycles. The van der Waals surface area contributed by atoms with Crippen molar-refractivity contribution in [1.29, 1.82) is 0 Å². The first-order valence-electron chi connectivity index (χ1n) is 10.2. The lowest BCUT2D eigenvalue weighted by molar-refractivity contribution is -0.116. The van der Waals surface area contributed by atoms with Crippen molar-refractivity contribution in [2.24, 2.45) is 0 Å². The van der Waals surface area contributed by atoms with Gasteiger partial charge in [-0.1, -0.05) is 12.1 Å². The van der Waals surface area contributed by atoms with Gasteiger partial charge < -0.3 is 14.5 Å². The molecule has 0 spiro atoms. The molecule has 160 valence electrons. The number of para-hydroxylation sites is 2. The van der Waals surface area contributed by atoms with Gasteiger partial charge in [0.15, 0.2) is 10.7 Å². The highest BCUT2D eigenvalue weighted by molar-refractivity contribution is 7.13. The molecule has 9 heteroatoms. The van der Waals surface area contributed by atoms with Gasteiger partial charge in [0.05, 0.1) is 23.4 Å². The molecule has 3 heterocycles. The number of aryl methyl sites for hydroxylation is 1. The van der Waals surface area contributed by atoms with Crippen LogP contribution in [-0.2, 0) is 22.6 Å². The van der Waals surface area contributed by atoms with E-state index in [4.69, 9.17) is 9.15 Å². The number of thiazole rings is 1. The molecule has 0 unspecified atom stereocenters. The molecule has 1 saturated heterocycles. The number of aromatic nitrogens is 2. The molecule has 1 fully saturated rings. The summed E-state index contributed by atoms with van der Waals surface area (Å²) in [5, 5.41) is 5.45. The first-order valence-corrected chi connectivity index (χ1v) is 11.1. The van der Waals surface area contributed by atoms with E-state index in [1.807, 2.05) is 23.6 Å². The average molecular weight is 431 g/mol. The van der Waals surface area contributed by atoms with Gasteiger partial charge in [0.2, 0.25) is 5.91 Å². The van der Waals surface area contributed by atoms with E-state index in [-0.39, 0.29) is 18.1 Å². The standard InChI is InChI=1S/C21H26N4O4S/c1-14-10-24(11-15(2)28-14)12-16-13-30-20(22-16)23-19(26)8-5-9-25-17-6-3-4-7-18(17)29-21(25)27/h3-4,6-7,13-15H,5,8-12H2,1-2H3,(H,22,23,26)/t14-,15-/m1/s1. The van der Waals surface area contributed by atoms with Gasteiger partial charge in [-0.2, -0.15) is 0 Å². The zero-order valence-electron chi connectivity index (χ0n) is 17.2. The summed E-state index contributed by atoms with van der Waals surface area (Å²) in [6, 6.07) is 7.29. The van der Waals surface area contributed by atoms with Gasteiger partial charge in [-0.25, -0.2) is 9.78 Å². The minimum Gasteiger partial charge on any atom is -0.408 e. The van der Waals surface area contributed by atoms with Gasteiger partial charge in [-0.15, -0.1) is 11.3 Å². The van der Waals surface area contributed by atoms with Crippen molar-refractivity contribution in [2.45, 2.75) is 52.0 Å². The van der Waals surface area contributed by atoms with Gasteiger partial charge in [-0.3, -0.25) is 14.3 Å². The van der Waals surface area contributed by atoms with Crippen LogP contribution in [0.25, 0.3) is 11.1 Å². The summed E-state index contributed by atoms with van der Waals surface area (Å²) in [5.41, 5.74) is 2.26. The number of nitrogens with zero attached hydrogens (tertiary/aromatic N) is 3. The predicted octanol–water partition coefficient (Wildman–Crippen LogP) is 3.08. The number of hydrogen-bond acceptors (Lipinski definition) is 7. The Labute approximate surface area is 178 Å². The molecule has 1 N–H and O–H groups in total. The zero-order chi connectivity index (χ0) is 21.1. The van der Waals surface area contributed by atoms with Crippen LogP contribution in [0.1, 0.15) is 32.4 Å². The number of benzene rings is 1. The molecule has 4 rings (SSSR count). The Morgan fingerprint density at radius 3 is 2.83 bits per heavy atom. The molecule has 8 nitrogen and oxygen atoms in total. The Morgan fingerprint density at radius 2 is 2.03 bits per heavy atom. The molecular formula is C21H26N4O4S. The van der Waals surface area contributed by atoms with Crippen molar-refractivity contribution in [1.82, 2.24) is 14.5 Å². The maximum Gasteiger partial charge on any atom is 0.419 e. The van der Waals surface area contributed by atoms with E-state index in [1.165, 1.54) is 11.3 Å². The van der Waals surface area contributed by atoms with Crippen molar-refractivity contribution in [3.63, 3.8) is 0 Å². The molecule has 1 aliphatic rings. The van der Waals surface area contributed by atoms with Crippen LogP contribution in [0.15, 0.2) is 38.9 Å². The SMILES string of the molecule is C[C@@H]1CN(Cc2csc(NC(=O)CCCn3c(=O)oc4ccccc43)n2)C[C@@H](C)O1. The Kier molecular flexibility index (Phi) is 6.31. The first-order chi connectivity index (χ1) is 14.5. The fourth-order valence-corrected chi connectivity index (χ4v) is 4.60. The lowest BCUT2D eigenvalue weighted by Gasteiger charge is -2.34. The average Bonchev–Trinajstić information content (AvgIpc) is 3.24. The Bertz CT molecular complexity index is 1060. The second-order valence-corrected chi connectivity index (χ2v) is 8.59.